The molecule has 0 aromatic heterocycles. The van der Waals surface area contributed by atoms with Gasteiger partial charge in [-0.25, -0.2) is 4.79 Å². The minimum absolute atomic E-state index is 0.177. The summed E-state index contributed by atoms with van der Waals surface area (Å²) in [5.74, 6) is -0.951. The van der Waals surface area contributed by atoms with Crippen molar-refractivity contribution >= 4 is 46.7 Å². The number of rotatable bonds is 3. The molecule has 1 aliphatic rings. The van der Waals surface area contributed by atoms with E-state index in [1.807, 2.05) is 0 Å². The molecule has 0 spiro atoms. The van der Waals surface area contributed by atoms with E-state index in [-0.39, 0.29) is 41.0 Å². The first kappa shape index (κ1) is 16.5. The maximum absolute atomic E-state index is 12.3. The Balaban J connectivity index is 1.83. The van der Waals surface area contributed by atoms with E-state index < -0.39 is 5.97 Å². The molecule has 0 atom stereocenters. The smallest absolute Gasteiger partial charge is 0.343 e. The number of anilines is 1. The zero-order chi connectivity index (χ0) is 17.3. The second-order valence-corrected chi connectivity index (χ2v) is 5.95. The highest BCUT2D eigenvalue weighted by molar-refractivity contribution is 6.42. The number of nitrogens with zero attached hydrogens (tertiary/aromatic N) is 1. The third kappa shape index (κ3) is 3.27. The number of carbonyl (C=O) groups excluding carboxylic acids is 3. The van der Waals surface area contributed by atoms with Gasteiger partial charge in [-0.3, -0.25) is 14.5 Å². The molecule has 3 rings (SSSR count). The van der Waals surface area contributed by atoms with Crippen molar-refractivity contribution in [1.82, 2.24) is 0 Å². The quantitative estimate of drug-likeness (QED) is 0.471. The van der Waals surface area contributed by atoms with Crippen LogP contribution in [0.15, 0.2) is 42.5 Å². The first-order valence-corrected chi connectivity index (χ1v) is 7.84. The lowest BCUT2D eigenvalue weighted by Gasteiger charge is -2.14. The molecule has 0 bridgehead atoms. The molecule has 122 valence electrons. The third-order valence-electron chi connectivity index (χ3n) is 3.49. The van der Waals surface area contributed by atoms with Gasteiger partial charge in [-0.15, -0.1) is 0 Å². The second kappa shape index (κ2) is 6.63. The van der Waals surface area contributed by atoms with E-state index in [1.165, 1.54) is 30.3 Å². The fourth-order valence-corrected chi connectivity index (χ4v) is 2.63. The zero-order valence-electron chi connectivity index (χ0n) is 12.3. The van der Waals surface area contributed by atoms with Gasteiger partial charge in [0.05, 0.1) is 21.3 Å². The summed E-state index contributed by atoms with van der Waals surface area (Å²) < 4.78 is 5.24. The summed E-state index contributed by atoms with van der Waals surface area (Å²) in [5.41, 5.74) is 0.567. The molecular formula is C17H11Cl2NO4. The number of hydrogen-bond donors (Lipinski definition) is 0. The van der Waals surface area contributed by atoms with Gasteiger partial charge < -0.3 is 4.74 Å². The standard InChI is InChI=1S/C17H11Cl2NO4/c18-13-5-4-12(9-14(13)19)24-17(23)10-2-1-3-11(8-10)20-15(21)6-7-16(20)22/h1-5,8-9H,6-7H2. The Morgan fingerprint density at radius 3 is 2.33 bits per heavy atom. The van der Waals surface area contributed by atoms with E-state index in [1.54, 1.807) is 12.1 Å². The maximum atomic E-state index is 12.3. The Kier molecular flexibility index (Phi) is 4.55. The monoisotopic (exact) mass is 363 g/mol. The molecule has 1 aliphatic heterocycles. The van der Waals surface area contributed by atoms with Crippen LogP contribution in [0.25, 0.3) is 0 Å². The number of halogens is 2. The largest absolute Gasteiger partial charge is 0.423 e. The van der Waals surface area contributed by atoms with E-state index in [9.17, 15) is 14.4 Å². The lowest BCUT2D eigenvalue weighted by Crippen LogP contribution is -2.28. The summed E-state index contributed by atoms with van der Waals surface area (Å²) in [7, 11) is 0. The van der Waals surface area contributed by atoms with Crippen LogP contribution < -0.4 is 9.64 Å². The third-order valence-corrected chi connectivity index (χ3v) is 4.23. The number of esters is 1. The summed E-state index contributed by atoms with van der Waals surface area (Å²) in [6.45, 7) is 0. The Morgan fingerprint density at radius 2 is 1.67 bits per heavy atom. The predicted octanol–water partition coefficient (Wildman–Crippen LogP) is 3.87. The lowest BCUT2D eigenvalue weighted by molar-refractivity contribution is -0.121. The molecule has 5 nitrogen and oxygen atoms in total. The zero-order valence-corrected chi connectivity index (χ0v) is 13.8. The van der Waals surface area contributed by atoms with Crippen molar-refractivity contribution in [2.75, 3.05) is 4.90 Å². The maximum Gasteiger partial charge on any atom is 0.343 e. The molecule has 7 heteroatoms. The van der Waals surface area contributed by atoms with Crippen molar-refractivity contribution in [3.8, 4) is 5.75 Å². The van der Waals surface area contributed by atoms with Gasteiger partial charge in [-0.2, -0.15) is 0 Å². The van der Waals surface area contributed by atoms with Crippen molar-refractivity contribution in [1.29, 1.82) is 0 Å². The Bertz CT molecular complexity index is 834. The average Bonchev–Trinajstić information content (AvgIpc) is 2.90. The molecular weight excluding hydrogens is 353 g/mol. The lowest BCUT2D eigenvalue weighted by atomic mass is 10.2. The topological polar surface area (TPSA) is 63.7 Å². The second-order valence-electron chi connectivity index (χ2n) is 5.14. The number of hydrogen-bond acceptors (Lipinski definition) is 4. The molecule has 24 heavy (non-hydrogen) atoms. The first-order valence-electron chi connectivity index (χ1n) is 7.09. The molecule has 0 unspecified atom stereocenters. The van der Waals surface area contributed by atoms with Crippen molar-refractivity contribution in [2.24, 2.45) is 0 Å². The van der Waals surface area contributed by atoms with E-state index >= 15 is 0 Å². The summed E-state index contributed by atoms with van der Waals surface area (Å²) in [6.07, 6.45) is 0.355. The Hall–Kier alpha value is -2.37. The van der Waals surface area contributed by atoms with E-state index in [0.29, 0.717) is 10.7 Å². The van der Waals surface area contributed by atoms with Crippen LogP contribution in [0.3, 0.4) is 0 Å². The molecule has 2 aromatic rings. The molecule has 1 saturated heterocycles. The van der Waals surface area contributed by atoms with Crippen LogP contribution in [0.4, 0.5) is 5.69 Å². The highest BCUT2D eigenvalue weighted by Crippen LogP contribution is 2.27. The normalized spacial score (nSPS) is 14.2. The molecule has 1 heterocycles. The highest BCUT2D eigenvalue weighted by atomic mass is 35.5. The van der Waals surface area contributed by atoms with Gasteiger partial charge in [0.1, 0.15) is 5.75 Å². The molecule has 2 amide bonds. The Labute approximate surface area is 147 Å². The average molecular weight is 364 g/mol. The van der Waals surface area contributed by atoms with Crippen molar-refractivity contribution in [2.45, 2.75) is 12.8 Å². The van der Waals surface area contributed by atoms with Crippen molar-refractivity contribution in [3.05, 3.63) is 58.1 Å². The van der Waals surface area contributed by atoms with Crippen LogP contribution >= 0.6 is 23.2 Å². The van der Waals surface area contributed by atoms with Gasteiger partial charge in [-0.1, -0.05) is 29.3 Å². The molecule has 0 N–H and O–H groups in total. The SMILES string of the molecule is O=C(Oc1ccc(Cl)c(Cl)c1)c1cccc(N2C(=O)CCC2=O)c1. The molecule has 1 fully saturated rings. The molecule has 0 radical (unpaired) electrons. The summed E-state index contributed by atoms with van der Waals surface area (Å²) >= 11 is 11.7. The van der Waals surface area contributed by atoms with Crippen molar-refractivity contribution in [3.63, 3.8) is 0 Å². The van der Waals surface area contributed by atoms with Gasteiger partial charge in [0.15, 0.2) is 0 Å². The van der Waals surface area contributed by atoms with Gasteiger partial charge in [0, 0.05) is 18.9 Å². The van der Waals surface area contributed by atoms with Crippen LogP contribution in [0, 0.1) is 0 Å². The first-order chi connectivity index (χ1) is 11.5. The van der Waals surface area contributed by atoms with E-state index in [2.05, 4.69) is 0 Å². The van der Waals surface area contributed by atoms with E-state index in [0.717, 1.165) is 4.90 Å². The van der Waals surface area contributed by atoms with Crippen LogP contribution in [-0.4, -0.2) is 17.8 Å². The number of ether oxygens (including phenoxy) is 1. The predicted molar refractivity (Wildman–Crippen MR) is 89.6 cm³/mol. The molecule has 2 aromatic carbocycles. The molecule has 0 saturated carbocycles. The van der Waals surface area contributed by atoms with Gasteiger partial charge >= 0.3 is 5.97 Å². The summed E-state index contributed by atoms with van der Waals surface area (Å²) in [4.78, 5) is 36.9. The summed E-state index contributed by atoms with van der Waals surface area (Å²) in [5, 5.41) is 0.619. The number of carbonyl (C=O) groups is 3. The summed E-state index contributed by atoms with van der Waals surface area (Å²) in [6, 6.07) is 10.6. The number of benzene rings is 2. The number of amides is 2. The van der Waals surface area contributed by atoms with Gasteiger partial charge in [0.25, 0.3) is 0 Å². The highest BCUT2D eigenvalue weighted by Gasteiger charge is 2.30. The minimum Gasteiger partial charge on any atom is -0.423 e. The fraction of sp³-hybridized carbons (Fsp3) is 0.118. The number of imide groups is 1. The van der Waals surface area contributed by atoms with Gasteiger partial charge in [0.2, 0.25) is 11.8 Å². The Morgan fingerprint density at radius 1 is 0.958 bits per heavy atom. The molecule has 0 aliphatic carbocycles. The van der Waals surface area contributed by atoms with E-state index in [4.69, 9.17) is 27.9 Å². The van der Waals surface area contributed by atoms with Crippen LogP contribution in [-0.2, 0) is 9.59 Å². The van der Waals surface area contributed by atoms with Gasteiger partial charge in [-0.05, 0) is 30.3 Å². The van der Waals surface area contributed by atoms with Crippen LogP contribution in [0.2, 0.25) is 10.0 Å². The van der Waals surface area contributed by atoms with Crippen molar-refractivity contribution < 1.29 is 19.1 Å². The van der Waals surface area contributed by atoms with Crippen LogP contribution in [0.1, 0.15) is 23.2 Å². The fourth-order valence-electron chi connectivity index (χ4n) is 2.34. The minimum atomic E-state index is -0.630. The van der Waals surface area contributed by atoms with Crippen LogP contribution in [0.5, 0.6) is 5.75 Å².